The number of aromatic nitrogens is 3. The number of rotatable bonds is 3. The molecule has 5 nitrogen and oxygen atoms in total. The van der Waals surface area contributed by atoms with E-state index in [2.05, 4.69) is 32.9 Å². The summed E-state index contributed by atoms with van der Waals surface area (Å²) in [6.07, 6.45) is 3.03. The highest BCUT2D eigenvalue weighted by molar-refractivity contribution is 5.79. The Morgan fingerprint density at radius 3 is 3.10 bits per heavy atom. The standard InChI is InChI=1S/C15H15N3O2/c1-2-4-13-11(3-1)5-7-18(13)9-14-16-15(17-20-14)12-6-8-19-10-12/h1-5,7,12H,6,8-10H2/t12-/m1/s1. The second-order valence-electron chi connectivity index (χ2n) is 5.11. The Balaban J connectivity index is 1.59. The van der Waals surface area contributed by atoms with Crippen molar-refractivity contribution in [3.8, 4) is 0 Å². The van der Waals surface area contributed by atoms with Crippen LogP contribution < -0.4 is 0 Å². The molecule has 1 aliphatic rings. The molecular formula is C15H15N3O2. The summed E-state index contributed by atoms with van der Waals surface area (Å²) in [7, 11) is 0. The molecule has 1 fully saturated rings. The first-order valence-corrected chi connectivity index (χ1v) is 6.84. The number of nitrogens with zero attached hydrogens (tertiary/aromatic N) is 3. The predicted molar refractivity (Wildman–Crippen MR) is 73.5 cm³/mol. The van der Waals surface area contributed by atoms with E-state index >= 15 is 0 Å². The average molecular weight is 269 g/mol. The van der Waals surface area contributed by atoms with E-state index in [1.807, 2.05) is 18.3 Å². The van der Waals surface area contributed by atoms with E-state index in [9.17, 15) is 0 Å². The Morgan fingerprint density at radius 1 is 1.25 bits per heavy atom. The maximum Gasteiger partial charge on any atom is 0.246 e. The number of benzene rings is 1. The van der Waals surface area contributed by atoms with Crippen molar-refractivity contribution < 1.29 is 9.26 Å². The van der Waals surface area contributed by atoms with Gasteiger partial charge in [0.25, 0.3) is 0 Å². The lowest BCUT2D eigenvalue weighted by atomic mass is 10.1. The van der Waals surface area contributed by atoms with Crippen molar-refractivity contribution in [1.29, 1.82) is 0 Å². The third-order valence-corrected chi connectivity index (χ3v) is 3.76. The maximum absolute atomic E-state index is 5.36. The van der Waals surface area contributed by atoms with Crippen LogP contribution in [0.1, 0.15) is 24.1 Å². The van der Waals surface area contributed by atoms with E-state index in [0.717, 1.165) is 18.9 Å². The Morgan fingerprint density at radius 2 is 2.20 bits per heavy atom. The lowest BCUT2D eigenvalue weighted by molar-refractivity contribution is 0.192. The Hall–Kier alpha value is -2.14. The van der Waals surface area contributed by atoms with E-state index in [-0.39, 0.29) is 5.92 Å². The predicted octanol–water partition coefficient (Wildman–Crippen LogP) is 2.58. The van der Waals surface area contributed by atoms with Gasteiger partial charge in [-0.3, -0.25) is 0 Å². The van der Waals surface area contributed by atoms with Gasteiger partial charge < -0.3 is 13.8 Å². The van der Waals surface area contributed by atoms with Crippen molar-refractivity contribution in [1.82, 2.24) is 14.7 Å². The minimum absolute atomic E-state index is 0.286. The Kier molecular flexibility index (Phi) is 2.77. The normalized spacial score (nSPS) is 18.9. The van der Waals surface area contributed by atoms with Gasteiger partial charge in [-0.25, -0.2) is 0 Å². The van der Waals surface area contributed by atoms with Crippen molar-refractivity contribution in [3.05, 3.63) is 48.2 Å². The zero-order valence-electron chi connectivity index (χ0n) is 11.0. The minimum Gasteiger partial charge on any atom is -0.381 e. The first-order chi connectivity index (χ1) is 9.90. The fourth-order valence-corrected chi connectivity index (χ4v) is 2.66. The highest BCUT2D eigenvalue weighted by Gasteiger charge is 2.23. The molecule has 5 heteroatoms. The number of ether oxygens (including phenoxy) is 1. The lowest BCUT2D eigenvalue weighted by Gasteiger charge is -2.01. The fraction of sp³-hybridized carbons (Fsp3) is 0.333. The van der Waals surface area contributed by atoms with Gasteiger partial charge >= 0.3 is 0 Å². The maximum atomic E-state index is 5.36. The molecule has 0 spiro atoms. The molecule has 1 saturated heterocycles. The molecule has 0 N–H and O–H groups in total. The van der Waals surface area contributed by atoms with Crippen LogP contribution in [0.25, 0.3) is 10.9 Å². The fourth-order valence-electron chi connectivity index (χ4n) is 2.66. The van der Waals surface area contributed by atoms with Gasteiger partial charge in [0.2, 0.25) is 5.89 Å². The van der Waals surface area contributed by atoms with Crippen LogP contribution in [0.3, 0.4) is 0 Å². The van der Waals surface area contributed by atoms with Gasteiger partial charge in [0, 0.05) is 24.2 Å². The van der Waals surface area contributed by atoms with E-state index in [1.54, 1.807) is 0 Å². The van der Waals surface area contributed by atoms with Gasteiger partial charge in [0.1, 0.15) is 6.54 Å². The summed E-state index contributed by atoms with van der Waals surface area (Å²) in [5, 5.41) is 5.30. The number of hydrogen-bond donors (Lipinski definition) is 0. The summed E-state index contributed by atoms with van der Waals surface area (Å²) in [5.41, 5.74) is 1.18. The van der Waals surface area contributed by atoms with Gasteiger partial charge in [-0.1, -0.05) is 23.4 Å². The molecule has 3 heterocycles. The molecule has 0 aliphatic carbocycles. The van der Waals surface area contributed by atoms with Crippen LogP contribution in [0.15, 0.2) is 41.1 Å². The summed E-state index contributed by atoms with van der Waals surface area (Å²) in [4.78, 5) is 4.50. The summed E-state index contributed by atoms with van der Waals surface area (Å²) in [6.45, 7) is 2.09. The summed E-state index contributed by atoms with van der Waals surface area (Å²) in [6, 6.07) is 10.4. The molecule has 0 amide bonds. The van der Waals surface area contributed by atoms with Gasteiger partial charge in [-0.05, 0) is 23.9 Å². The van der Waals surface area contributed by atoms with Crippen LogP contribution in [-0.4, -0.2) is 27.9 Å². The van der Waals surface area contributed by atoms with Gasteiger partial charge in [-0.2, -0.15) is 4.98 Å². The van der Waals surface area contributed by atoms with Crippen LogP contribution >= 0.6 is 0 Å². The average Bonchev–Trinajstić information content (AvgIpc) is 3.19. The third kappa shape index (κ3) is 2.00. The molecule has 0 bridgehead atoms. The molecule has 4 rings (SSSR count). The molecule has 1 atom stereocenters. The van der Waals surface area contributed by atoms with E-state index in [4.69, 9.17) is 9.26 Å². The third-order valence-electron chi connectivity index (χ3n) is 3.76. The van der Waals surface area contributed by atoms with E-state index in [0.29, 0.717) is 19.0 Å². The lowest BCUT2D eigenvalue weighted by Crippen LogP contribution is -2.01. The molecule has 2 aromatic heterocycles. The zero-order chi connectivity index (χ0) is 13.4. The van der Waals surface area contributed by atoms with Crippen molar-refractivity contribution in [2.75, 3.05) is 13.2 Å². The molecule has 0 saturated carbocycles. The van der Waals surface area contributed by atoms with Crippen LogP contribution in [0, 0.1) is 0 Å². The Labute approximate surface area is 116 Å². The van der Waals surface area contributed by atoms with Crippen molar-refractivity contribution >= 4 is 10.9 Å². The second-order valence-corrected chi connectivity index (χ2v) is 5.11. The minimum atomic E-state index is 0.286. The quantitative estimate of drug-likeness (QED) is 0.733. The summed E-state index contributed by atoms with van der Waals surface area (Å²) >= 11 is 0. The molecule has 0 radical (unpaired) electrons. The smallest absolute Gasteiger partial charge is 0.246 e. The number of hydrogen-bond acceptors (Lipinski definition) is 4. The zero-order valence-corrected chi connectivity index (χ0v) is 11.0. The van der Waals surface area contributed by atoms with E-state index < -0.39 is 0 Å². The summed E-state index contributed by atoms with van der Waals surface area (Å²) < 4.78 is 12.8. The van der Waals surface area contributed by atoms with E-state index in [1.165, 1.54) is 10.9 Å². The van der Waals surface area contributed by atoms with Crippen LogP contribution in [0.5, 0.6) is 0 Å². The summed E-state index contributed by atoms with van der Waals surface area (Å²) in [5.74, 6) is 1.70. The number of para-hydroxylation sites is 1. The molecule has 1 aliphatic heterocycles. The van der Waals surface area contributed by atoms with Crippen molar-refractivity contribution in [2.45, 2.75) is 18.9 Å². The number of fused-ring (bicyclic) bond motifs is 1. The first kappa shape index (κ1) is 11.7. The first-order valence-electron chi connectivity index (χ1n) is 6.84. The van der Waals surface area contributed by atoms with Crippen molar-refractivity contribution in [3.63, 3.8) is 0 Å². The van der Waals surface area contributed by atoms with Crippen molar-refractivity contribution in [2.24, 2.45) is 0 Å². The van der Waals surface area contributed by atoms with Gasteiger partial charge in [0.15, 0.2) is 5.82 Å². The topological polar surface area (TPSA) is 53.1 Å². The largest absolute Gasteiger partial charge is 0.381 e. The highest BCUT2D eigenvalue weighted by atomic mass is 16.5. The molecule has 3 aromatic rings. The molecular weight excluding hydrogens is 254 g/mol. The van der Waals surface area contributed by atoms with Crippen LogP contribution in [-0.2, 0) is 11.3 Å². The van der Waals surface area contributed by atoms with Gasteiger partial charge in [0.05, 0.1) is 6.61 Å². The SMILES string of the molecule is c1ccc2c(c1)ccn2Cc1nc([C@@H]2CCOC2)no1. The van der Waals surface area contributed by atoms with Gasteiger partial charge in [-0.15, -0.1) is 0 Å². The molecule has 102 valence electrons. The molecule has 20 heavy (non-hydrogen) atoms. The monoisotopic (exact) mass is 269 g/mol. The van der Waals surface area contributed by atoms with Crippen LogP contribution in [0.2, 0.25) is 0 Å². The Bertz CT molecular complexity index is 725. The molecule has 1 aromatic carbocycles. The molecule has 0 unspecified atom stereocenters. The second kappa shape index (κ2) is 4.76. The van der Waals surface area contributed by atoms with Crippen LogP contribution in [0.4, 0.5) is 0 Å². The highest BCUT2D eigenvalue weighted by Crippen LogP contribution is 2.23.